The van der Waals surface area contributed by atoms with Crippen LogP contribution < -0.4 is 10.2 Å². The molecule has 1 unspecified atom stereocenters. The van der Waals surface area contributed by atoms with E-state index in [-0.39, 0.29) is 11.9 Å². The summed E-state index contributed by atoms with van der Waals surface area (Å²) in [6, 6.07) is 17.9. The summed E-state index contributed by atoms with van der Waals surface area (Å²) in [6.45, 7) is 3.84. The summed E-state index contributed by atoms with van der Waals surface area (Å²) in [7, 11) is 0. The minimum absolute atomic E-state index is 0.0197. The number of H-pyrrole nitrogens is 1. The highest BCUT2D eigenvalue weighted by molar-refractivity contribution is 7.09. The van der Waals surface area contributed by atoms with Gasteiger partial charge in [-0.05, 0) is 24.1 Å². The molecule has 1 fully saturated rings. The second kappa shape index (κ2) is 9.50. The molecule has 1 saturated heterocycles. The van der Waals surface area contributed by atoms with Gasteiger partial charge in [0.05, 0.1) is 17.6 Å². The van der Waals surface area contributed by atoms with Crippen LogP contribution in [0.3, 0.4) is 0 Å². The third-order valence-electron chi connectivity index (χ3n) is 5.77. The number of aromatic amines is 1. The van der Waals surface area contributed by atoms with Crippen LogP contribution in [0, 0.1) is 0 Å². The summed E-state index contributed by atoms with van der Waals surface area (Å²) in [5.74, 6) is 0.927. The Hall–Kier alpha value is -3.23. The highest BCUT2D eigenvalue weighted by Gasteiger charge is 2.23. The molecule has 7 nitrogen and oxygen atoms in total. The summed E-state index contributed by atoms with van der Waals surface area (Å²) in [5.41, 5.74) is 3.08. The molecule has 0 saturated carbocycles. The van der Waals surface area contributed by atoms with Crippen LogP contribution in [-0.2, 0) is 4.79 Å². The van der Waals surface area contributed by atoms with Gasteiger partial charge in [0.25, 0.3) is 0 Å². The van der Waals surface area contributed by atoms with Gasteiger partial charge in [-0.25, -0.2) is 9.97 Å². The molecule has 2 aromatic carbocycles. The Morgan fingerprint density at radius 2 is 1.91 bits per heavy atom. The van der Waals surface area contributed by atoms with E-state index in [1.54, 1.807) is 17.5 Å². The van der Waals surface area contributed by atoms with E-state index < -0.39 is 0 Å². The van der Waals surface area contributed by atoms with Crippen molar-refractivity contribution in [3.63, 3.8) is 0 Å². The first-order chi connectivity index (χ1) is 15.8. The van der Waals surface area contributed by atoms with Crippen LogP contribution in [-0.4, -0.2) is 58.5 Å². The fraction of sp³-hybridized carbons (Fsp3) is 0.292. The van der Waals surface area contributed by atoms with Gasteiger partial charge in [0.1, 0.15) is 11.0 Å². The van der Waals surface area contributed by atoms with Crippen molar-refractivity contribution in [2.75, 3.05) is 37.6 Å². The van der Waals surface area contributed by atoms with Crippen LogP contribution in [0.2, 0.25) is 0 Å². The highest BCUT2D eigenvalue weighted by Crippen LogP contribution is 2.24. The zero-order chi connectivity index (χ0) is 21.8. The topological polar surface area (TPSA) is 77.2 Å². The molecule has 0 aliphatic carbocycles. The lowest BCUT2D eigenvalue weighted by atomic mass is 10.1. The molecule has 2 N–H and O–H groups in total. The van der Waals surface area contributed by atoms with Gasteiger partial charge in [0, 0.05) is 37.8 Å². The van der Waals surface area contributed by atoms with Crippen molar-refractivity contribution in [2.24, 2.45) is 0 Å². The number of carbonyl (C=O) groups is 1. The smallest absolute Gasteiger partial charge is 0.235 e. The van der Waals surface area contributed by atoms with Crippen LogP contribution in [0.15, 0.2) is 66.2 Å². The lowest BCUT2D eigenvalue weighted by molar-refractivity contribution is -0.122. The first-order valence-corrected chi connectivity index (χ1v) is 11.8. The number of nitrogens with zero attached hydrogens (tertiary/aromatic N) is 4. The maximum Gasteiger partial charge on any atom is 0.235 e. The number of hydrogen-bond donors (Lipinski definition) is 2. The van der Waals surface area contributed by atoms with Crippen molar-refractivity contribution >= 4 is 34.2 Å². The summed E-state index contributed by atoms with van der Waals surface area (Å²) >= 11 is 1.56. The molecule has 3 heterocycles. The number of anilines is 1. The van der Waals surface area contributed by atoms with Gasteiger partial charge in [-0.3, -0.25) is 9.69 Å². The Morgan fingerprint density at radius 1 is 1.06 bits per heavy atom. The zero-order valence-electron chi connectivity index (χ0n) is 17.8. The fourth-order valence-corrected chi connectivity index (χ4v) is 4.86. The average molecular weight is 447 g/mol. The number of imidazole rings is 1. The van der Waals surface area contributed by atoms with E-state index >= 15 is 0 Å². The highest BCUT2D eigenvalue weighted by atomic mass is 32.1. The van der Waals surface area contributed by atoms with E-state index in [0.717, 1.165) is 60.2 Å². The first-order valence-electron chi connectivity index (χ1n) is 10.9. The number of hydrogen-bond acceptors (Lipinski definition) is 6. The average Bonchev–Trinajstić information content (AvgIpc) is 3.45. The van der Waals surface area contributed by atoms with Crippen molar-refractivity contribution < 1.29 is 4.79 Å². The molecule has 0 bridgehead atoms. The molecule has 1 amide bonds. The summed E-state index contributed by atoms with van der Waals surface area (Å²) in [6.07, 6.45) is 2.77. The van der Waals surface area contributed by atoms with E-state index in [4.69, 9.17) is 4.98 Å². The van der Waals surface area contributed by atoms with Gasteiger partial charge in [-0.2, -0.15) is 0 Å². The summed E-state index contributed by atoms with van der Waals surface area (Å²) in [5, 5.41) is 6.04. The Labute approximate surface area is 191 Å². The first kappa shape index (κ1) is 20.7. The van der Waals surface area contributed by atoms with Crippen LogP contribution in [0.1, 0.15) is 23.0 Å². The maximum absolute atomic E-state index is 13.0. The van der Waals surface area contributed by atoms with Gasteiger partial charge in [-0.15, -0.1) is 11.3 Å². The largest absolute Gasteiger partial charge is 0.342 e. The number of thiazole rings is 1. The number of nitrogens with one attached hydrogen (secondary N) is 2. The Balaban J connectivity index is 1.22. The Morgan fingerprint density at radius 3 is 2.72 bits per heavy atom. The fourth-order valence-electron chi connectivity index (χ4n) is 4.15. The van der Waals surface area contributed by atoms with Crippen molar-refractivity contribution in [3.8, 4) is 0 Å². The number of para-hydroxylation sites is 2. The SMILES string of the molecule is O=C(CN1CCCN(c2nc3ccccc3[nH]2)CC1)NC(c1ccccc1)c1nccs1. The molecule has 32 heavy (non-hydrogen) atoms. The van der Waals surface area contributed by atoms with Gasteiger partial charge in [-0.1, -0.05) is 42.5 Å². The monoisotopic (exact) mass is 446 g/mol. The third kappa shape index (κ3) is 4.66. The standard InChI is InChI=1S/C24H26N6OS/c31-21(28-22(23-25-11-16-32-23)18-7-2-1-3-8-18)17-29-12-6-13-30(15-14-29)24-26-19-9-4-5-10-20(19)27-24/h1-5,7-11,16,22H,6,12-15,17H2,(H,26,27)(H,28,31). The van der Waals surface area contributed by atoms with Gasteiger partial charge < -0.3 is 15.2 Å². The third-order valence-corrected chi connectivity index (χ3v) is 6.61. The van der Waals surface area contributed by atoms with E-state index in [1.807, 2.05) is 60.0 Å². The van der Waals surface area contributed by atoms with Crippen LogP contribution >= 0.6 is 11.3 Å². The van der Waals surface area contributed by atoms with E-state index in [9.17, 15) is 4.79 Å². The van der Waals surface area contributed by atoms with Gasteiger partial charge in [0.2, 0.25) is 11.9 Å². The molecular formula is C24H26N6OS. The molecule has 1 aliphatic heterocycles. The molecule has 1 aliphatic rings. The Bertz CT molecular complexity index is 1130. The molecule has 4 aromatic rings. The number of amides is 1. The number of carbonyl (C=O) groups excluding carboxylic acids is 1. The number of aromatic nitrogens is 3. The Kier molecular flexibility index (Phi) is 6.13. The predicted octanol–water partition coefficient (Wildman–Crippen LogP) is 3.44. The van der Waals surface area contributed by atoms with E-state index in [0.29, 0.717) is 6.54 Å². The van der Waals surface area contributed by atoms with Gasteiger partial charge >= 0.3 is 0 Å². The van der Waals surface area contributed by atoms with Crippen LogP contribution in [0.4, 0.5) is 5.95 Å². The van der Waals surface area contributed by atoms with Crippen molar-refractivity contribution in [1.29, 1.82) is 0 Å². The summed E-state index contributed by atoms with van der Waals surface area (Å²) in [4.78, 5) is 30.1. The number of fused-ring (bicyclic) bond motifs is 1. The maximum atomic E-state index is 13.0. The van der Waals surface area contributed by atoms with Crippen LogP contribution in [0.25, 0.3) is 11.0 Å². The predicted molar refractivity (Wildman–Crippen MR) is 128 cm³/mol. The zero-order valence-corrected chi connectivity index (χ0v) is 18.6. The summed E-state index contributed by atoms with van der Waals surface area (Å²) < 4.78 is 0. The van der Waals surface area contributed by atoms with Crippen molar-refractivity contribution in [3.05, 3.63) is 76.7 Å². The molecule has 2 aromatic heterocycles. The van der Waals surface area contributed by atoms with E-state index in [1.165, 1.54) is 0 Å². The minimum atomic E-state index is -0.220. The van der Waals surface area contributed by atoms with E-state index in [2.05, 4.69) is 25.1 Å². The lowest BCUT2D eigenvalue weighted by Crippen LogP contribution is -2.40. The lowest BCUT2D eigenvalue weighted by Gasteiger charge is -2.23. The molecule has 0 spiro atoms. The quantitative estimate of drug-likeness (QED) is 0.475. The second-order valence-electron chi connectivity index (χ2n) is 7.98. The molecule has 1 atom stereocenters. The normalized spacial score (nSPS) is 16.1. The van der Waals surface area contributed by atoms with Crippen LogP contribution in [0.5, 0.6) is 0 Å². The number of rotatable bonds is 6. The number of benzene rings is 2. The second-order valence-corrected chi connectivity index (χ2v) is 8.90. The van der Waals surface area contributed by atoms with Gasteiger partial charge in [0.15, 0.2) is 0 Å². The molecule has 164 valence electrons. The molecular weight excluding hydrogens is 420 g/mol. The molecule has 0 radical (unpaired) electrons. The minimum Gasteiger partial charge on any atom is -0.342 e. The molecule has 5 rings (SSSR count). The van der Waals surface area contributed by atoms with Crippen molar-refractivity contribution in [1.82, 2.24) is 25.2 Å². The molecule has 8 heteroatoms. The van der Waals surface area contributed by atoms with Crippen molar-refractivity contribution in [2.45, 2.75) is 12.5 Å².